The van der Waals surface area contributed by atoms with Crippen molar-refractivity contribution in [2.45, 2.75) is 37.8 Å². The number of amidine groups is 1. The van der Waals surface area contributed by atoms with Gasteiger partial charge < -0.3 is 15.4 Å². The first-order valence-electron chi connectivity index (χ1n) is 6.82. The molecule has 0 bridgehead atoms. The Balaban J connectivity index is 2.12. The van der Waals surface area contributed by atoms with Crippen molar-refractivity contribution in [3.8, 4) is 0 Å². The summed E-state index contributed by atoms with van der Waals surface area (Å²) in [5, 5.41) is 7.52. The highest BCUT2D eigenvalue weighted by molar-refractivity contribution is 5.95. The van der Waals surface area contributed by atoms with Crippen LogP contribution in [0.3, 0.4) is 0 Å². The third kappa shape index (κ3) is 3.26. The van der Waals surface area contributed by atoms with Gasteiger partial charge in [-0.3, -0.25) is 5.41 Å². The Morgan fingerprint density at radius 3 is 2.89 bits per heavy atom. The van der Waals surface area contributed by atoms with Gasteiger partial charge in [-0.15, -0.1) is 0 Å². The minimum Gasteiger partial charge on any atom is -0.384 e. The van der Waals surface area contributed by atoms with Crippen molar-refractivity contribution in [3.63, 3.8) is 0 Å². The van der Waals surface area contributed by atoms with Gasteiger partial charge >= 0.3 is 0 Å². The molecule has 104 valence electrons. The summed E-state index contributed by atoms with van der Waals surface area (Å²) in [4.78, 5) is 2.29. The number of benzene rings is 1. The van der Waals surface area contributed by atoms with E-state index in [9.17, 15) is 0 Å². The first-order valence-corrected chi connectivity index (χ1v) is 6.82. The number of nitrogen functional groups attached to an aromatic ring is 1. The van der Waals surface area contributed by atoms with Crippen LogP contribution < -0.4 is 10.6 Å². The molecule has 1 fully saturated rings. The average Bonchev–Trinajstić information content (AvgIpc) is 2.46. The molecule has 1 saturated carbocycles. The van der Waals surface area contributed by atoms with Crippen LogP contribution in [0, 0.1) is 5.41 Å². The maximum Gasteiger partial charge on any atom is 0.122 e. The van der Waals surface area contributed by atoms with Crippen LogP contribution in [0.2, 0.25) is 0 Å². The molecule has 1 aliphatic carbocycles. The quantitative estimate of drug-likeness (QED) is 0.646. The van der Waals surface area contributed by atoms with E-state index < -0.39 is 0 Å². The van der Waals surface area contributed by atoms with Crippen LogP contribution in [-0.2, 0) is 4.74 Å². The topological polar surface area (TPSA) is 62.3 Å². The van der Waals surface area contributed by atoms with Crippen LogP contribution in [0.5, 0.6) is 0 Å². The molecule has 1 aliphatic rings. The van der Waals surface area contributed by atoms with Crippen molar-refractivity contribution in [1.82, 2.24) is 0 Å². The van der Waals surface area contributed by atoms with E-state index in [0.717, 1.165) is 24.1 Å². The molecule has 1 aromatic rings. The molecule has 0 aromatic heterocycles. The molecular formula is C15H23N3O. The van der Waals surface area contributed by atoms with Gasteiger partial charge in [-0.2, -0.15) is 0 Å². The van der Waals surface area contributed by atoms with Crippen molar-refractivity contribution >= 4 is 11.5 Å². The number of rotatable bonds is 4. The summed E-state index contributed by atoms with van der Waals surface area (Å²) < 4.78 is 5.49. The summed E-state index contributed by atoms with van der Waals surface area (Å²) in [5.41, 5.74) is 7.45. The summed E-state index contributed by atoms with van der Waals surface area (Å²) in [6.45, 7) is 0. The molecule has 0 heterocycles. The lowest BCUT2D eigenvalue weighted by atomic mass is 9.91. The van der Waals surface area contributed by atoms with Crippen LogP contribution in [0.4, 0.5) is 5.69 Å². The van der Waals surface area contributed by atoms with E-state index in [1.54, 1.807) is 7.11 Å². The zero-order chi connectivity index (χ0) is 13.8. The van der Waals surface area contributed by atoms with Gasteiger partial charge in [-0.25, -0.2) is 0 Å². The number of methoxy groups -OCH3 is 1. The first kappa shape index (κ1) is 13.9. The van der Waals surface area contributed by atoms with Gasteiger partial charge in [0.25, 0.3) is 0 Å². The molecule has 0 aliphatic heterocycles. The molecule has 2 rings (SSSR count). The Bertz CT molecular complexity index is 447. The molecule has 1 aromatic carbocycles. The normalized spacial score (nSPS) is 23.1. The smallest absolute Gasteiger partial charge is 0.122 e. The molecule has 0 amide bonds. The highest BCUT2D eigenvalue weighted by Crippen LogP contribution is 2.28. The number of nitrogens with zero attached hydrogens (tertiary/aromatic N) is 1. The fourth-order valence-corrected chi connectivity index (χ4v) is 2.79. The highest BCUT2D eigenvalue weighted by atomic mass is 16.5. The summed E-state index contributed by atoms with van der Waals surface area (Å²) in [6.07, 6.45) is 5.00. The number of ether oxygens (including phenoxy) is 1. The molecule has 0 saturated heterocycles. The molecule has 0 spiro atoms. The molecule has 2 unspecified atom stereocenters. The predicted octanol–water partition coefficient (Wildman–Crippen LogP) is 2.36. The van der Waals surface area contributed by atoms with Gasteiger partial charge in [0, 0.05) is 31.5 Å². The van der Waals surface area contributed by atoms with Crippen LogP contribution in [0.1, 0.15) is 31.2 Å². The SMILES string of the molecule is COC1CCCC(N(C)c2cccc(C(=N)N)c2)C1. The largest absolute Gasteiger partial charge is 0.384 e. The third-order valence-electron chi connectivity index (χ3n) is 4.04. The predicted molar refractivity (Wildman–Crippen MR) is 78.9 cm³/mol. The van der Waals surface area contributed by atoms with E-state index in [1.165, 1.54) is 12.8 Å². The zero-order valence-electron chi connectivity index (χ0n) is 11.7. The molecule has 4 nitrogen and oxygen atoms in total. The van der Waals surface area contributed by atoms with Gasteiger partial charge in [0.2, 0.25) is 0 Å². The first-order chi connectivity index (χ1) is 9.11. The van der Waals surface area contributed by atoms with E-state index in [4.69, 9.17) is 15.9 Å². The number of nitrogens with one attached hydrogen (secondary N) is 1. The Morgan fingerprint density at radius 1 is 1.42 bits per heavy atom. The summed E-state index contributed by atoms with van der Waals surface area (Å²) in [7, 11) is 3.91. The molecule has 0 radical (unpaired) electrons. The molecule has 19 heavy (non-hydrogen) atoms. The average molecular weight is 261 g/mol. The molecule has 4 heteroatoms. The van der Waals surface area contributed by atoms with E-state index in [1.807, 2.05) is 18.2 Å². The van der Waals surface area contributed by atoms with Gasteiger partial charge in [0.15, 0.2) is 0 Å². The highest BCUT2D eigenvalue weighted by Gasteiger charge is 2.25. The lowest BCUT2D eigenvalue weighted by Crippen LogP contribution is -2.38. The van der Waals surface area contributed by atoms with Crippen molar-refractivity contribution in [2.75, 3.05) is 19.1 Å². The number of nitrogens with two attached hydrogens (primary N) is 1. The maximum absolute atomic E-state index is 7.52. The second-order valence-electron chi connectivity index (χ2n) is 5.25. The van der Waals surface area contributed by atoms with Crippen LogP contribution in [0.25, 0.3) is 0 Å². The van der Waals surface area contributed by atoms with E-state index in [2.05, 4.69) is 18.0 Å². The minimum atomic E-state index is 0.119. The number of anilines is 1. The lowest BCUT2D eigenvalue weighted by molar-refractivity contribution is 0.0637. The van der Waals surface area contributed by atoms with Crippen LogP contribution >= 0.6 is 0 Å². The fourth-order valence-electron chi connectivity index (χ4n) is 2.79. The number of hydrogen-bond donors (Lipinski definition) is 2. The lowest BCUT2D eigenvalue weighted by Gasteiger charge is -2.36. The van der Waals surface area contributed by atoms with Gasteiger partial charge in [-0.05, 0) is 37.8 Å². The van der Waals surface area contributed by atoms with Gasteiger partial charge in [-0.1, -0.05) is 12.1 Å². The maximum atomic E-state index is 7.52. The Hall–Kier alpha value is -1.55. The second kappa shape index (κ2) is 6.06. The molecular weight excluding hydrogens is 238 g/mol. The van der Waals surface area contributed by atoms with Crippen LogP contribution in [0.15, 0.2) is 24.3 Å². The monoisotopic (exact) mass is 261 g/mol. The molecule has 2 atom stereocenters. The van der Waals surface area contributed by atoms with E-state index in [0.29, 0.717) is 12.1 Å². The minimum absolute atomic E-state index is 0.119. The van der Waals surface area contributed by atoms with Gasteiger partial charge in [0.1, 0.15) is 5.84 Å². The summed E-state index contributed by atoms with van der Waals surface area (Å²) >= 11 is 0. The van der Waals surface area contributed by atoms with Gasteiger partial charge in [0.05, 0.1) is 6.10 Å². The van der Waals surface area contributed by atoms with E-state index in [-0.39, 0.29) is 5.84 Å². The van der Waals surface area contributed by atoms with Crippen molar-refractivity contribution in [1.29, 1.82) is 5.41 Å². The number of hydrogen-bond acceptors (Lipinski definition) is 3. The Kier molecular flexibility index (Phi) is 4.43. The van der Waals surface area contributed by atoms with Crippen molar-refractivity contribution in [3.05, 3.63) is 29.8 Å². The second-order valence-corrected chi connectivity index (χ2v) is 5.25. The third-order valence-corrected chi connectivity index (χ3v) is 4.04. The summed E-state index contributed by atoms with van der Waals surface area (Å²) in [5.74, 6) is 0.119. The Labute approximate surface area is 115 Å². The van der Waals surface area contributed by atoms with Crippen molar-refractivity contribution in [2.24, 2.45) is 5.73 Å². The fraction of sp³-hybridized carbons (Fsp3) is 0.533. The zero-order valence-corrected chi connectivity index (χ0v) is 11.7. The van der Waals surface area contributed by atoms with Crippen molar-refractivity contribution < 1.29 is 4.74 Å². The standard InChI is InChI=1S/C15H23N3O/c1-18(13-7-4-8-14(10-13)19-2)12-6-3-5-11(9-12)15(16)17/h3,5-6,9,13-14H,4,7-8,10H2,1-2H3,(H3,16,17). The Morgan fingerprint density at radius 2 is 2.21 bits per heavy atom. The molecule has 3 N–H and O–H groups in total. The van der Waals surface area contributed by atoms with E-state index >= 15 is 0 Å². The summed E-state index contributed by atoms with van der Waals surface area (Å²) in [6, 6.07) is 8.39. The van der Waals surface area contributed by atoms with Crippen LogP contribution in [-0.4, -0.2) is 32.1 Å².